The van der Waals surface area contributed by atoms with Crippen LogP contribution in [0, 0.1) is 5.92 Å². The van der Waals surface area contributed by atoms with E-state index in [1.165, 1.54) is 6.42 Å². The van der Waals surface area contributed by atoms with Gasteiger partial charge >= 0.3 is 0 Å². The third-order valence-electron chi connectivity index (χ3n) is 2.09. The molecule has 0 aliphatic heterocycles. The van der Waals surface area contributed by atoms with Gasteiger partial charge in [-0.15, -0.1) is 0 Å². The highest BCUT2D eigenvalue weighted by molar-refractivity contribution is 7.80. The fraction of sp³-hybridized carbons (Fsp3) is 1.00. The van der Waals surface area contributed by atoms with Gasteiger partial charge in [-0.1, -0.05) is 26.7 Å². The van der Waals surface area contributed by atoms with Crippen LogP contribution in [-0.2, 0) is 0 Å². The van der Waals surface area contributed by atoms with Gasteiger partial charge in [0.1, 0.15) is 0 Å². The third-order valence-corrected chi connectivity index (χ3v) is 2.35. The minimum Gasteiger partial charge on any atom is -0.393 e. The van der Waals surface area contributed by atoms with E-state index in [1.807, 2.05) is 0 Å². The fourth-order valence-electron chi connectivity index (χ4n) is 1.09. The van der Waals surface area contributed by atoms with E-state index in [-0.39, 0.29) is 6.10 Å². The molecule has 0 heterocycles. The van der Waals surface area contributed by atoms with E-state index in [1.54, 1.807) is 0 Å². The summed E-state index contributed by atoms with van der Waals surface area (Å²) in [7, 11) is 0. The van der Waals surface area contributed by atoms with Crippen LogP contribution in [0.3, 0.4) is 0 Å². The Bertz CT molecular complexity index is 85.6. The average Bonchev–Trinajstić information content (AvgIpc) is 2.00. The first kappa shape index (κ1) is 11.3. The minimum absolute atomic E-state index is 0.109. The molecular weight excluding hydrogens is 156 g/mol. The Balaban J connectivity index is 3.38. The van der Waals surface area contributed by atoms with Crippen LogP contribution in [0.5, 0.6) is 0 Å². The molecule has 11 heavy (non-hydrogen) atoms. The highest BCUT2D eigenvalue weighted by Gasteiger charge is 2.11. The van der Waals surface area contributed by atoms with Crippen LogP contribution < -0.4 is 0 Å². The number of unbranched alkanes of at least 4 members (excludes halogenated alkanes) is 1. The molecular formula is C9H20OS. The molecule has 0 aliphatic carbocycles. The van der Waals surface area contributed by atoms with E-state index in [9.17, 15) is 5.11 Å². The van der Waals surface area contributed by atoms with Crippen LogP contribution in [0.2, 0.25) is 0 Å². The summed E-state index contributed by atoms with van der Waals surface area (Å²) in [6.45, 7) is 4.24. The van der Waals surface area contributed by atoms with Crippen LogP contribution in [-0.4, -0.2) is 17.0 Å². The summed E-state index contributed by atoms with van der Waals surface area (Å²) in [6.07, 6.45) is 4.17. The quantitative estimate of drug-likeness (QED) is 0.596. The van der Waals surface area contributed by atoms with Gasteiger partial charge in [-0.25, -0.2) is 0 Å². The Morgan fingerprint density at radius 3 is 2.45 bits per heavy atom. The average molecular weight is 176 g/mol. The second kappa shape index (κ2) is 6.99. The Labute approximate surface area is 75.6 Å². The van der Waals surface area contributed by atoms with Crippen molar-refractivity contribution in [3.8, 4) is 0 Å². The summed E-state index contributed by atoms with van der Waals surface area (Å²) in [6, 6.07) is 0. The van der Waals surface area contributed by atoms with Crippen molar-refractivity contribution in [3.05, 3.63) is 0 Å². The molecule has 0 spiro atoms. The second-order valence-electron chi connectivity index (χ2n) is 3.20. The summed E-state index contributed by atoms with van der Waals surface area (Å²) in [5, 5.41) is 9.55. The monoisotopic (exact) mass is 176 g/mol. The van der Waals surface area contributed by atoms with Crippen molar-refractivity contribution in [3.63, 3.8) is 0 Å². The highest BCUT2D eigenvalue weighted by atomic mass is 32.1. The molecule has 0 unspecified atom stereocenters. The van der Waals surface area contributed by atoms with Gasteiger partial charge < -0.3 is 5.11 Å². The molecule has 0 aromatic heterocycles. The van der Waals surface area contributed by atoms with E-state index in [0.29, 0.717) is 5.92 Å². The van der Waals surface area contributed by atoms with Crippen molar-refractivity contribution in [1.29, 1.82) is 0 Å². The Morgan fingerprint density at radius 1 is 1.36 bits per heavy atom. The van der Waals surface area contributed by atoms with Gasteiger partial charge in [0.05, 0.1) is 6.10 Å². The first-order valence-corrected chi connectivity index (χ1v) is 5.14. The molecule has 0 radical (unpaired) electrons. The molecule has 0 saturated heterocycles. The predicted octanol–water partition coefficient (Wildman–Crippen LogP) is 2.49. The Morgan fingerprint density at radius 2 is 2.00 bits per heavy atom. The lowest BCUT2D eigenvalue weighted by Gasteiger charge is -2.17. The molecule has 2 atom stereocenters. The van der Waals surface area contributed by atoms with Gasteiger partial charge in [-0.2, -0.15) is 12.6 Å². The molecule has 0 aromatic rings. The molecule has 0 saturated carbocycles. The molecule has 0 rings (SSSR count). The van der Waals surface area contributed by atoms with Crippen LogP contribution in [0.1, 0.15) is 39.5 Å². The maximum atomic E-state index is 9.55. The van der Waals surface area contributed by atoms with Crippen molar-refractivity contribution in [2.75, 3.05) is 5.75 Å². The highest BCUT2D eigenvalue weighted by Crippen LogP contribution is 2.14. The number of aliphatic hydroxyl groups is 1. The molecule has 0 bridgehead atoms. The normalized spacial score (nSPS) is 16.4. The van der Waals surface area contributed by atoms with Crippen molar-refractivity contribution >= 4 is 12.6 Å². The first-order chi connectivity index (χ1) is 5.22. The zero-order valence-corrected chi connectivity index (χ0v) is 8.48. The van der Waals surface area contributed by atoms with E-state index >= 15 is 0 Å². The maximum Gasteiger partial charge on any atom is 0.0566 e. The molecule has 2 heteroatoms. The summed E-state index contributed by atoms with van der Waals surface area (Å²) in [5.41, 5.74) is 0. The van der Waals surface area contributed by atoms with Crippen LogP contribution >= 0.6 is 12.6 Å². The topological polar surface area (TPSA) is 20.2 Å². The standard InChI is InChI=1S/C9H20OS/c1-3-4-5-9(10)8(2)6-7-11/h8-11H,3-7H2,1-2H3/t8-,9-/m1/s1. The molecule has 0 aliphatic rings. The van der Waals surface area contributed by atoms with Crippen LogP contribution in [0.4, 0.5) is 0 Å². The fourth-order valence-corrected chi connectivity index (χ4v) is 1.50. The summed E-state index contributed by atoms with van der Waals surface area (Å²) < 4.78 is 0. The molecule has 1 nitrogen and oxygen atoms in total. The third kappa shape index (κ3) is 5.57. The summed E-state index contributed by atoms with van der Waals surface area (Å²) in [4.78, 5) is 0. The Kier molecular flexibility index (Phi) is 7.18. The maximum absolute atomic E-state index is 9.55. The van der Waals surface area contributed by atoms with Crippen LogP contribution in [0.25, 0.3) is 0 Å². The Hall–Kier alpha value is 0.310. The summed E-state index contributed by atoms with van der Waals surface area (Å²) >= 11 is 4.13. The molecule has 0 aromatic carbocycles. The SMILES string of the molecule is CCCC[C@@H](O)[C@H](C)CCS. The van der Waals surface area contributed by atoms with Crippen molar-refractivity contribution in [2.45, 2.75) is 45.6 Å². The van der Waals surface area contributed by atoms with Gasteiger partial charge in [0.15, 0.2) is 0 Å². The zero-order chi connectivity index (χ0) is 8.69. The number of hydrogen-bond donors (Lipinski definition) is 2. The van der Waals surface area contributed by atoms with Gasteiger partial charge in [0.25, 0.3) is 0 Å². The van der Waals surface area contributed by atoms with E-state index < -0.39 is 0 Å². The molecule has 1 N–H and O–H groups in total. The molecule has 0 fully saturated rings. The number of rotatable bonds is 6. The number of aliphatic hydroxyl groups excluding tert-OH is 1. The van der Waals surface area contributed by atoms with E-state index in [4.69, 9.17) is 0 Å². The summed E-state index contributed by atoms with van der Waals surface area (Å²) in [5.74, 6) is 1.30. The molecule has 68 valence electrons. The molecule has 0 amide bonds. The van der Waals surface area contributed by atoms with Gasteiger partial charge in [-0.3, -0.25) is 0 Å². The lowest BCUT2D eigenvalue weighted by Crippen LogP contribution is -2.17. The van der Waals surface area contributed by atoms with Gasteiger partial charge in [-0.05, 0) is 24.5 Å². The van der Waals surface area contributed by atoms with Crippen molar-refractivity contribution in [2.24, 2.45) is 5.92 Å². The van der Waals surface area contributed by atoms with Gasteiger partial charge in [0, 0.05) is 0 Å². The smallest absolute Gasteiger partial charge is 0.0566 e. The van der Waals surface area contributed by atoms with Crippen molar-refractivity contribution in [1.82, 2.24) is 0 Å². The van der Waals surface area contributed by atoms with E-state index in [2.05, 4.69) is 26.5 Å². The van der Waals surface area contributed by atoms with Crippen molar-refractivity contribution < 1.29 is 5.11 Å². The number of thiol groups is 1. The predicted molar refractivity (Wildman–Crippen MR) is 53.2 cm³/mol. The zero-order valence-electron chi connectivity index (χ0n) is 7.58. The number of hydrogen-bond acceptors (Lipinski definition) is 2. The van der Waals surface area contributed by atoms with Crippen LogP contribution in [0.15, 0.2) is 0 Å². The first-order valence-electron chi connectivity index (χ1n) is 4.51. The lowest BCUT2D eigenvalue weighted by atomic mass is 9.97. The minimum atomic E-state index is -0.109. The van der Waals surface area contributed by atoms with E-state index in [0.717, 1.165) is 25.0 Å². The van der Waals surface area contributed by atoms with Gasteiger partial charge in [0.2, 0.25) is 0 Å². The lowest BCUT2D eigenvalue weighted by molar-refractivity contribution is 0.104. The second-order valence-corrected chi connectivity index (χ2v) is 3.65. The largest absolute Gasteiger partial charge is 0.393 e.